The number of halogens is 1. The van der Waals surface area contributed by atoms with Crippen molar-refractivity contribution in [2.75, 3.05) is 20.8 Å². The molecule has 2 rings (SSSR count). The third-order valence-corrected chi connectivity index (χ3v) is 3.89. The Morgan fingerprint density at radius 3 is 2.61 bits per heavy atom. The van der Waals surface area contributed by atoms with Crippen molar-refractivity contribution in [3.8, 4) is 11.5 Å². The monoisotopic (exact) mass is 269 g/mol. The summed E-state index contributed by atoms with van der Waals surface area (Å²) in [5, 5.41) is 4.23. The topological polar surface area (TPSA) is 30.5 Å². The fourth-order valence-electron chi connectivity index (χ4n) is 2.60. The molecule has 0 saturated carbocycles. The van der Waals surface area contributed by atoms with Gasteiger partial charge in [0.2, 0.25) is 0 Å². The molecule has 0 bridgehead atoms. The van der Waals surface area contributed by atoms with Gasteiger partial charge in [0, 0.05) is 6.04 Å². The minimum Gasteiger partial charge on any atom is -0.493 e. The highest BCUT2D eigenvalue weighted by Crippen LogP contribution is 2.43. The van der Waals surface area contributed by atoms with Gasteiger partial charge < -0.3 is 14.8 Å². The first kappa shape index (κ1) is 13.5. The van der Waals surface area contributed by atoms with E-state index in [9.17, 15) is 0 Å². The van der Waals surface area contributed by atoms with E-state index in [2.05, 4.69) is 25.2 Å². The highest BCUT2D eigenvalue weighted by molar-refractivity contribution is 6.33. The minimum absolute atomic E-state index is 0.325. The second kappa shape index (κ2) is 5.37. The predicted molar refractivity (Wildman–Crippen MR) is 73.8 cm³/mol. The van der Waals surface area contributed by atoms with Crippen LogP contribution >= 0.6 is 11.6 Å². The molecular weight excluding hydrogens is 250 g/mol. The molecule has 3 nitrogen and oxygen atoms in total. The van der Waals surface area contributed by atoms with Crippen molar-refractivity contribution in [3.63, 3.8) is 0 Å². The molecule has 1 aliphatic rings. The minimum atomic E-state index is 0.325. The molecule has 0 radical (unpaired) electrons. The van der Waals surface area contributed by atoms with Crippen LogP contribution in [0, 0.1) is 5.92 Å². The Morgan fingerprint density at radius 2 is 2.06 bits per heavy atom. The third kappa shape index (κ3) is 2.17. The Bertz CT molecular complexity index is 446. The number of nitrogens with one attached hydrogen (secondary N) is 1. The summed E-state index contributed by atoms with van der Waals surface area (Å²) >= 11 is 6.45. The average molecular weight is 270 g/mol. The van der Waals surface area contributed by atoms with Crippen LogP contribution in [0.4, 0.5) is 0 Å². The molecule has 1 atom stereocenters. The van der Waals surface area contributed by atoms with Crippen molar-refractivity contribution in [2.24, 2.45) is 5.92 Å². The van der Waals surface area contributed by atoms with Gasteiger partial charge in [-0.2, -0.15) is 0 Å². The molecule has 1 unspecified atom stereocenters. The van der Waals surface area contributed by atoms with Gasteiger partial charge in [0.25, 0.3) is 0 Å². The maximum absolute atomic E-state index is 6.45. The van der Waals surface area contributed by atoms with Crippen LogP contribution in [0.3, 0.4) is 0 Å². The summed E-state index contributed by atoms with van der Waals surface area (Å²) in [6, 6.07) is 2.38. The second-order valence-corrected chi connectivity index (χ2v) is 5.30. The Hall–Kier alpha value is -0.930. The van der Waals surface area contributed by atoms with Crippen LogP contribution in [0.2, 0.25) is 5.02 Å². The zero-order valence-corrected chi connectivity index (χ0v) is 12.1. The first-order valence-electron chi connectivity index (χ1n) is 6.26. The van der Waals surface area contributed by atoms with E-state index in [-0.39, 0.29) is 0 Å². The van der Waals surface area contributed by atoms with E-state index in [1.165, 1.54) is 11.1 Å². The molecule has 1 heterocycles. The lowest BCUT2D eigenvalue weighted by Gasteiger charge is -2.31. The lowest BCUT2D eigenvalue weighted by Crippen LogP contribution is -2.33. The molecule has 0 amide bonds. The molecular formula is C14H20ClNO2. The quantitative estimate of drug-likeness (QED) is 0.914. The largest absolute Gasteiger partial charge is 0.493 e. The zero-order chi connectivity index (χ0) is 13.3. The zero-order valence-electron chi connectivity index (χ0n) is 11.3. The van der Waals surface area contributed by atoms with Crippen molar-refractivity contribution in [1.82, 2.24) is 5.32 Å². The standard InChI is InChI=1S/C14H20ClNO2/c1-8(2)13-10-7-11(17-3)14(18-4)12(15)9(10)5-6-16-13/h7-8,13,16H,5-6H2,1-4H3. The number of benzene rings is 1. The molecule has 1 aromatic rings. The molecule has 0 fully saturated rings. The molecule has 0 saturated heterocycles. The lowest BCUT2D eigenvalue weighted by molar-refractivity contribution is 0.348. The maximum atomic E-state index is 6.45. The van der Waals surface area contributed by atoms with Gasteiger partial charge in [0.15, 0.2) is 11.5 Å². The summed E-state index contributed by atoms with van der Waals surface area (Å²) in [6.07, 6.45) is 0.928. The van der Waals surface area contributed by atoms with Gasteiger partial charge in [-0.25, -0.2) is 0 Å². The van der Waals surface area contributed by atoms with E-state index >= 15 is 0 Å². The molecule has 0 spiro atoms. The number of rotatable bonds is 3. The summed E-state index contributed by atoms with van der Waals surface area (Å²) in [7, 11) is 3.26. The van der Waals surface area contributed by atoms with Crippen molar-refractivity contribution in [3.05, 3.63) is 22.2 Å². The van der Waals surface area contributed by atoms with Gasteiger partial charge in [-0.1, -0.05) is 25.4 Å². The summed E-state index contributed by atoms with van der Waals surface area (Å²) in [4.78, 5) is 0. The maximum Gasteiger partial charge on any atom is 0.179 e. The summed E-state index contributed by atoms with van der Waals surface area (Å²) in [6.45, 7) is 5.36. The fourth-order valence-corrected chi connectivity index (χ4v) is 2.97. The van der Waals surface area contributed by atoms with Crippen LogP contribution in [-0.2, 0) is 6.42 Å². The van der Waals surface area contributed by atoms with Crippen LogP contribution in [0.15, 0.2) is 6.07 Å². The van der Waals surface area contributed by atoms with Crippen LogP contribution in [0.1, 0.15) is 31.0 Å². The van der Waals surface area contributed by atoms with Crippen LogP contribution < -0.4 is 14.8 Å². The third-order valence-electron chi connectivity index (χ3n) is 3.49. The predicted octanol–water partition coefficient (Wildman–Crippen LogP) is 3.20. The summed E-state index contributed by atoms with van der Waals surface area (Å²) < 4.78 is 10.7. The Kier molecular flexibility index (Phi) is 4.03. The molecule has 18 heavy (non-hydrogen) atoms. The Labute approximate surface area is 113 Å². The normalized spacial score (nSPS) is 18.7. The van der Waals surface area contributed by atoms with Gasteiger partial charge in [-0.05, 0) is 36.1 Å². The van der Waals surface area contributed by atoms with E-state index in [0.29, 0.717) is 28.5 Å². The van der Waals surface area contributed by atoms with E-state index in [1.807, 2.05) is 0 Å². The molecule has 0 aliphatic carbocycles. The molecule has 0 aromatic heterocycles. The van der Waals surface area contributed by atoms with Gasteiger partial charge in [-0.15, -0.1) is 0 Å². The van der Waals surface area contributed by atoms with Crippen molar-refractivity contribution in [2.45, 2.75) is 26.3 Å². The second-order valence-electron chi connectivity index (χ2n) is 4.92. The van der Waals surface area contributed by atoms with Crippen molar-refractivity contribution < 1.29 is 9.47 Å². The van der Waals surface area contributed by atoms with E-state index in [4.69, 9.17) is 21.1 Å². The number of hydrogen-bond donors (Lipinski definition) is 1. The van der Waals surface area contributed by atoms with Crippen molar-refractivity contribution in [1.29, 1.82) is 0 Å². The van der Waals surface area contributed by atoms with Gasteiger partial charge in [0.1, 0.15) is 0 Å². The first-order chi connectivity index (χ1) is 8.60. The molecule has 100 valence electrons. The van der Waals surface area contributed by atoms with Crippen LogP contribution in [0.5, 0.6) is 11.5 Å². The van der Waals surface area contributed by atoms with Gasteiger partial charge in [0.05, 0.1) is 19.2 Å². The number of ether oxygens (including phenoxy) is 2. The molecule has 1 aromatic carbocycles. The van der Waals surface area contributed by atoms with Gasteiger partial charge in [-0.3, -0.25) is 0 Å². The Morgan fingerprint density at radius 1 is 1.33 bits per heavy atom. The Balaban J connectivity index is 2.59. The summed E-state index contributed by atoms with van der Waals surface area (Å²) in [5.41, 5.74) is 2.42. The van der Waals surface area contributed by atoms with Gasteiger partial charge >= 0.3 is 0 Å². The number of methoxy groups -OCH3 is 2. The number of hydrogen-bond acceptors (Lipinski definition) is 3. The smallest absolute Gasteiger partial charge is 0.179 e. The highest BCUT2D eigenvalue weighted by Gasteiger charge is 2.27. The molecule has 1 N–H and O–H groups in total. The van der Waals surface area contributed by atoms with E-state index < -0.39 is 0 Å². The number of fused-ring (bicyclic) bond motifs is 1. The van der Waals surface area contributed by atoms with Crippen LogP contribution in [0.25, 0.3) is 0 Å². The lowest BCUT2D eigenvalue weighted by atomic mass is 9.87. The SMILES string of the molecule is COc1cc2c(c(Cl)c1OC)CCNC2C(C)C. The molecule has 4 heteroatoms. The summed E-state index contributed by atoms with van der Waals surface area (Å²) in [5.74, 6) is 1.86. The molecule has 1 aliphatic heterocycles. The van der Waals surface area contributed by atoms with Crippen LogP contribution in [-0.4, -0.2) is 20.8 Å². The fraction of sp³-hybridized carbons (Fsp3) is 0.571. The average Bonchev–Trinajstić information content (AvgIpc) is 2.37. The van der Waals surface area contributed by atoms with Crippen molar-refractivity contribution >= 4 is 11.6 Å². The van der Waals surface area contributed by atoms with E-state index in [0.717, 1.165) is 13.0 Å². The first-order valence-corrected chi connectivity index (χ1v) is 6.64. The highest BCUT2D eigenvalue weighted by atomic mass is 35.5. The van der Waals surface area contributed by atoms with E-state index in [1.54, 1.807) is 14.2 Å².